The van der Waals surface area contributed by atoms with Gasteiger partial charge < -0.3 is 11.1 Å². The molecule has 1 amide bonds. The van der Waals surface area contributed by atoms with Gasteiger partial charge in [0.15, 0.2) is 5.69 Å². The molecule has 2 aromatic rings. The van der Waals surface area contributed by atoms with Crippen LogP contribution in [0, 0.1) is 5.92 Å². The van der Waals surface area contributed by atoms with Crippen LogP contribution in [0.25, 0.3) is 10.9 Å². The molecule has 5 heteroatoms. The van der Waals surface area contributed by atoms with Crippen LogP contribution >= 0.6 is 0 Å². The number of amides is 1. The van der Waals surface area contributed by atoms with Crippen molar-refractivity contribution in [2.75, 3.05) is 6.54 Å². The molecule has 0 bridgehead atoms. The van der Waals surface area contributed by atoms with Crippen LogP contribution in [-0.2, 0) is 7.05 Å². The van der Waals surface area contributed by atoms with Gasteiger partial charge in [0, 0.05) is 25.0 Å². The van der Waals surface area contributed by atoms with Crippen molar-refractivity contribution >= 4 is 16.8 Å². The molecule has 0 aliphatic heterocycles. The molecule has 102 valence electrons. The largest absolute Gasteiger partial charge is 0.346 e. The Morgan fingerprint density at radius 2 is 2.11 bits per heavy atom. The maximum absolute atomic E-state index is 12.3. The number of carbonyl (C=O) groups excluding carboxylic acids is 1. The van der Waals surface area contributed by atoms with Crippen molar-refractivity contribution in [1.82, 2.24) is 15.1 Å². The molecule has 5 nitrogen and oxygen atoms in total. The highest BCUT2D eigenvalue weighted by molar-refractivity contribution is 6.04. The van der Waals surface area contributed by atoms with Crippen molar-refractivity contribution < 1.29 is 4.79 Å². The first-order valence-corrected chi connectivity index (χ1v) is 6.47. The SMILES string of the molecule is CC(C)C(CN)NC(=O)c1nn(C)c2ccccc12. The van der Waals surface area contributed by atoms with Crippen molar-refractivity contribution in [3.05, 3.63) is 30.0 Å². The molecule has 0 saturated heterocycles. The van der Waals surface area contributed by atoms with Crippen LogP contribution in [0.5, 0.6) is 0 Å². The van der Waals surface area contributed by atoms with Gasteiger partial charge in [-0.25, -0.2) is 0 Å². The molecule has 1 heterocycles. The van der Waals surface area contributed by atoms with Gasteiger partial charge in [-0.15, -0.1) is 0 Å². The summed E-state index contributed by atoms with van der Waals surface area (Å²) in [7, 11) is 1.84. The van der Waals surface area contributed by atoms with Crippen molar-refractivity contribution in [2.45, 2.75) is 19.9 Å². The minimum atomic E-state index is -0.166. The molecule has 0 saturated carbocycles. The Kier molecular flexibility index (Phi) is 3.85. The standard InChI is InChI=1S/C14H20N4O/c1-9(2)11(8-15)16-14(19)13-10-6-4-5-7-12(10)18(3)17-13/h4-7,9,11H,8,15H2,1-3H3,(H,16,19). The van der Waals surface area contributed by atoms with Gasteiger partial charge in [0.25, 0.3) is 5.91 Å². The predicted molar refractivity (Wildman–Crippen MR) is 75.9 cm³/mol. The molecule has 1 unspecified atom stereocenters. The second-order valence-corrected chi connectivity index (χ2v) is 5.05. The summed E-state index contributed by atoms with van der Waals surface area (Å²) in [5.74, 6) is 0.130. The zero-order valence-electron chi connectivity index (χ0n) is 11.6. The second-order valence-electron chi connectivity index (χ2n) is 5.05. The third-order valence-electron chi connectivity index (χ3n) is 3.35. The highest BCUT2D eigenvalue weighted by Crippen LogP contribution is 2.17. The molecule has 19 heavy (non-hydrogen) atoms. The Labute approximate surface area is 112 Å². The number of fused-ring (bicyclic) bond motifs is 1. The van der Waals surface area contributed by atoms with Crippen molar-refractivity contribution in [2.24, 2.45) is 18.7 Å². The Morgan fingerprint density at radius 1 is 1.42 bits per heavy atom. The number of aromatic nitrogens is 2. The lowest BCUT2D eigenvalue weighted by Gasteiger charge is -2.19. The van der Waals surface area contributed by atoms with Gasteiger partial charge in [-0.2, -0.15) is 5.10 Å². The van der Waals surface area contributed by atoms with E-state index in [1.54, 1.807) is 4.68 Å². The molecule has 0 spiro atoms. The number of hydrogen-bond donors (Lipinski definition) is 2. The zero-order chi connectivity index (χ0) is 14.0. The number of carbonyl (C=O) groups is 1. The third kappa shape index (κ3) is 2.61. The molecule has 3 N–H and O–H groups in total. The lowest BCUT2D eigenvalue weighted by molar-refractivity contribution is 0.0923. The highest BCUT2D eigenvalue weighted by Gasteiger charge is 2.20. The third-order valence-corrected chi connectivity index (χ3v) is 3.35. The lowest BCUT2D eigenvalue weighted by Crippen LogP contribution is -2.43. The maximum atomic E-state index is 12.3. The normalized spacial score (nSPS) is 12.9. The summed E-state index contributed by atoms with van der Waals surface area (Å²) in [5, 5.41) is 8.11. The Balaban J connectivity index is 2.32. The molecule has 2 rings (SSSR count). The molecular formula is C14H20N4O. The second kappa shape index (κ2) is 5.40. The number of hydrogen-bond acceptors (Lipinski definition) is 3. The average Bonchev–Trinajstić information content (AvgIpc) is 2.73. The molecule has 1 aromatic heterocycles. The van der Waals surface area contributed by atoms with Crippen LogP contribution in [0.15, 0.2) is 24.3 Å². The molecule has 0 fully saturated rings. The van der Waals surface area contributed by atoms with E-state index in [4.69, 9.17) is 5.73 Å². The summed E-state index contributed by atoms with van der Waals surface area (Å²) in [5.41, 5.74) is 7.08. The first-order valence-electron chi connectivity index (χ1n) is 6.47. The highest BCUT2D eigenvalue weighted by atomic mass is 16.2. The maximum Gasteiger partial charge on any atom is 0.272 e. The number of nitrogens with two attached hydrogens (primary N) is 1. The minimum absolute atomic E-state index is 0.0340. The van der Waals surface area contributed by atoms with E-state index in [1.807, 2.05) is 45.2 Å². The number of benzene rings is 1. The van der Waals surface area contributed by atoms with Crippen LogP contribution in [0.1, 0.15) is 24.3 Å². The average molecular weight is 260 g/mol. The first-order chi connectivity index (χ1) is 9.04. The van der Waals surface area contributed by atoms with Gasteiger partial charge in [0.2, 0.25) is 0 Å². The van der Waals surface area contributed by atoms with Gasteiger partial charge in [0.1, 0.15) is 0 Å². The van der Waals surface area contributed by atoms with E-state index >= 15 is 0 Å². The number of aryl methyl sites for hydroxylation is 1. The first kappa shape index (κ1) is 13.5. The Hall–Kier alpha value is -1.88. The van der Waals surface area contributed by atoms with E-state index in [2.05, 4.69) is 10.4 Å². The smallest absolute Gasteiger partial charge is 0.272 e. The Morgan fingerprint density at radius 3 is 2.74 bits per heavy atom. The van der Waals surface area contributed by atoms with E-state index in [0.717, 1.165) is 10.9 Å². The Bertz CT molecular complexity index is 588. The van der Waals surface area contributed by atoms with Gasteiger partial charge in [-0.1, -0.05) is 32.0 Å². The number of nitrogens with zero attached hydrogens (tertiary/aromatic N) is 2. The predicted octanol–water partition coefficient (Wildman–Crippen LogP) is 1.29. The fraction of sp³-hybridized carbons (Fsp3) is 0.429. The van der Waals surface area contributed by atoms with Crippen LogP contribution in [0.2, 0.25) is 0 Å². The van der Waals surface area contributed by atoms with Crippen molar-refractivity contribution in [1.29, 1.82) is 0 Å². The van der Waals surface area contributed by atoms with Crippen LogP contribution in [0.4, 0.5) is 0 Å². The van der Waals surface area contributed by atoms with Gasteiger partial charge in [-0.05, 0) is 12.0 Å². The van der Waals surface area contributed by atoms with E-state index in [9.17, 15) is 4.79 Å². The van der Waals surface area contributed by atoms with Crippen molar-refractivity contribution in [3.8, 4) is 0 Å². The molecule has 1 aromatic carbocycles. The summed E-state index contributed by atoms with van der Waals surface area (Å²) < 4.78 is 1.72. The fourth-order valence-electron chi connectivity index (χ4n) is 2.12. The van der Waals surface area contributed by atoms with Crippen molar-refractivity contribution in [3.63, 3.8) is 0 Å². The monoisotopic (exact) mass is 260 g/mol. The van der Waals surface area contributed by atoms with E-state index in [-0.39, 0.29) is 11.9 Å². The van der Waals surface area contributed by atoms with Crippen LogP contribution in [-0.4, -0.2) is 28.3 Å². The molecular weight excluding hydrogens is 240 g/mol. The van der Waals surface area contributed by atoms with Crippen LogP contribution < -0.4 is 11.1 Å². The molecule has 0 aliphatic carbocycles. The summed E-state index contributed by atoms with van der Waals surface area (Å²) in [4.78, 5) is 12.3. The molecule has 1 atom stereocenters. The minimum Gasteiger partial charge on any atom is -0.346 e. The summed E-state index contributed by atoms with van der Waals surface area (Å²) in [6, 6.07) is 7.66. The van der Waals surface area contributed by atoms with E-state index < -0.39 is 0 Å². The van der Waals surface area contributed by atoms with Crippen LogP contribution in [0.3, 0.4) is 0 Å². The number of rotatable bonds is 4. The number of para-hydroxylation sites is 1. The van der Waals surface area contributed by atoms with E-state index in [0.29, 0.717) is 18.2 Å². The molecule has 0 radical (unpaired) electrons. The zero-order valence-corrected chi connectivity index (χ0v) is 11.6. The number of nitrogens with one attached hydrogen (secondary N) is 1. The van der Waals surface area contributed by atoms with Gasteiger partial charge >= 0.3 is 0 Å². The molecule has 0 aliphatic rings. The summed E-state index contributed by atoms with van der Waals surface area (Å²) in [6.07, 6.45) is 0. The quantitative estimate of drug-likeness (QED) is 0.870. The summed E-state index contributed by atoms with van der Waals surface area (Å²) >= 11 is 0. The van der Waals surface area contributed by atoms with E-state index in [1.165, 1.54) is 0 Å². The fourth-order valence-corrected chi connectivity index (χ4v) is 2.12. The lowest BCUT2D eigenvalue weighted by atomic mass is 10.0. The topological polar surface area (TPSA) is 72.9 Å². The summed E-state index contributed by atoms with van der Waals surface area (Å²) in [6.45, 7) is 4.50. The van der Waals surface area contributed by atoms with Gasteiger partial charge in [-0.3, -0.25) is 9.48 Å². The van der Waals surface area contributed by atoms with Gasteiger partial charge in [0.05, 0.1) is 5.52 Å².